The van der Waals surface area contributed by atoms with Crippen LogP contribution in [0.25, 0.3) is 0 Å². The maximum atomic E-state index is 10.5. The van der Waals surface area contributed by atoms with Gasteiger partial charge >= 0.3 is 0 Å². The number of hydrogen-bond acceptors (Lipinski definition) is 5. The molecule has 31 heavy (non-hydrogen) atoms. The third-order valence-corrected chi connectivity index (χ3v) is 5.20. The number of para-hydroxylation sites is 4. The van der Waals surface area contributed by atoms with Crippen LogP contribution in [0.2, 0.25) is 0 Å². The number of aromatic nitrogens is 1. The molecule has 0 bridgehead atoms. The molecule has 0 saturated carbocycles. The van der Waals surface area contributed by atoms with Crippen molar-refractivity contribution in [2.45, 2.75) is 0 Å². The van der Waals surface area contributed by atoms with Crippen molar-refractivity contribution in [3.63, 3.8) is 0 Å². The number of hydrogen-bond donors (Lipinski definition) is 1. The second-order valence-corrected chi connectivity index (χ2v) is 7.23. The average Bonchev–Trinajstić information content (AvgIpc) is 3.33. The Labute approximate surface area is 181 Å². The van der Waals surface area contributed by atoms with E-state index in [1.54, 1.807) is 6.07 Å². The van der Waals surface area contributed by atoms with Gasteiger partial charge in [-0.1, -0.05) is 54.6 Å². The van der Waals surface area contributed by atoms with Gasteiger partial charge in [-0.3, -0.25) is 4.90 Å². The van der Waals surface area contributed by atoms with Crippen LogP contribution in [-0.2, 0) is 0 Å². The van der Waals surface area contributed by atoms with Crippen molar-refractivity contribution in [3.8, 4) is 5.75 Å². The minimum Gasteiger partial charge on any atom is -0.506 e. The minimum absolute atomic E-state index is 0.204. The van der Waals surface area contributed by atoms with Gasteiger partial charge in [0.1, 0.15) is 24.1 Å². The Morgan fingerprint density at radius 2 is 1.35 bits per heavy atom. The third-order valence-electron chi connectivity index (χ3n) is 5.20. The number of phenols is 1. The molecule has 152 valence electrons. The fourth-order valence-electron chi connectivity index (χ4n) is 3.68. The molecule has 1 aliphatic heterocycles. The normalized spacial score (nSPS) is 12.9. The van der Waals surface area contributed by atoms with Crippen molar-refractivity contribution in [2.75, 3.05) is 21.4 Å². The predicted molar refractivity (Wildman–Crippen MR) is 126 cm³/mol. The molecule has 0 fully saturated rings. The monoisotopic (exact) mass is 406 g/mol. The van der Waals surface area contributed by atoms with Gasteiger partial charge in [-0.05, 0) is 48.5 Å². The molecule has 5 heteroatoms. The lowest BCUT2D eigenvalue weighted by Crippen LogP contribution is -2.25. The third kappa shape index (κ3) is 3.81. The minimum atomic E-state index is 0.204. The fourth-order valence-corrected chi connectivity index (χ4v) is 3.68. The van der Waals surface area contributed by atoms with Gasteiger partial charge in [0.2, 0.25) is 0 Å². The zero-order chi connectivity index (χ0) is 21.0. The summed E-state index contributed by atoms with van der Waals surface area (Å²) >= 11 is 0. The Hall–Kier alpha value is -4.25. The van der Waals surface area contributed by atoms with Crippen LogP contribution in [0.15, 0.2) is 116 Å². The Morgan fingerprint density at radius 1 is 0.677 bits per heavy atom. The van der Waals surface area contributed by atoms with Crippen molar-refractivity contribution in [2.24, 2.45) is 0 Å². The summed E-state index contributed by atoms with van der Waals surface area (Å²) in [5, 5.41) is 10.5. The van der Waals surface area contributed by atoms with E-state index in [0.29, 0.717) is 12.4 Å². The number of phenolic OH excluding ortho intramolecular Hbond substituents is 1. The van der Waals surface area contributed by atoms with Gasteiger partial charge < -0.3 is 14.9 Å². The van der Waals surface area contributed by atoms with E-state index in [-0.39, 0.29) is 5.75 Å². The zero-order valence-electron chi connectivity index (χ0n) is 16.9. The van der Waals surface area contributed by atoms with E-state index >= 15 is 0 Å². The SMILES string of the molecule is Oc1ccccc1N(c1ccccc1)c1cccc(N2C=CN(c3ccccc3)C2)n1. The van der Waals surface area contributed by atoms with Crippen LogP contribution in [0.5, 0.6) is 5.75 Å². The Kier molecular flexibility index (Phi) is 4.99. The second kappa shape index (κ2) is 8.24. The molecule has 0 unspecified atom stereocenters. The van der Waals surface area contributed by atoms with E-state index in [9.17, 15) is 5.11 Å². The van der Waals surface area contributed by atoms with Crippen LogP contribution < -0.4 is 14.7 Å². The van der Waals surface area contributed by atoms with Crippen molar-refractivity contribution in [3.05, 3.63) is 116 Å². The summed E-state index contributed by atoms with van der Waals surface area (Å²) in [7, 11) is 0. The molecule has 0 aliphatic carbocycles. The van der Waals surface area contributed by atoms with Gasteiger partial charge in [-0.2, -0.15) is 0 Å². The lowest BCUT2D eigenvalue weighted by atomic mass is 10.2. The summed E-state index contributed by atoms with van der Waals surface area (Å²) in [4.78, 5) is 11.2. The van der Waals surface area contributed by atoms with Gasteiger partial charge in [0, 0.05) is 23.8 Å². The van der Waals surface area contributed by atoms with Crippen LogP contribution in [0.4, 0.5) is 28.7 Å². The lowest BCUT2D eigenvalue weighted by Gasteiger charge is -2.26. The highest BCUT2D eigenvalue weighted by Crippen LogP contribution is 2.39. The summed E-state index contributed by atoms with van der Waals surface area (Å²) in [6, 6.07) is 33.5. The van der Waals surface area contributed by atoms with Crippen LogP contribution >= 0.6 is 0 Å². The smallest absolute Gasteiger partial charge is 0.140 e. The first-order valence-electron chi connectivity index (χ1n) is 10.2. The van der Waals surface area contributed by atoms with Gasteiger partial charge in [0.15, 0.2) is 0 Å². The first kappa shape index (κ1) is 18.8. The first-order chi connectivity index (χ1) is 15.3. The molecular weight excluding hydrogens is 384 g/mol. The van der Waals surface area contributed by atoms with E-state index in [2.05, 4.69) is 28.1 Å². The van der Waals surface area contributed by atoms with Crippen molar-refractivity contribution in [1.29, 1.82) is 0 Å². The zero-order valence-corrected chi connectivity index (χ0v) is 16.9. The van der Waals surface area contributed by atoms with Crippen molar-refractivity contribution < 1.29 is 5.11 Å². The van der Waals surface area contributed by atoms with Crippen LogP contribution in [0.1, 0.15) is 0 Å². The Morgan fingerprint density at radius 3 is 2.13 bits per heavy atom. The molecule has 2 heterocycles. The summed E-state index contributed by atoms with van der Waals surface area (Å²) in [5.41, 5.74) is 2.75. The topological polar surface area (TPSA) is 42.8 Å². The molecule has 4 aromatic rings. The number of pyridine rings is 1. The van der Waals surface area contributed by atoms with E-state index < -0.39 is 0 Å². The largest absolute Gasteiger partial charge is 0.506 e. The number of benzene rings is 3. The highest BCUT2D eigenvalue weighted by Gasteiger charge is 2.20. The van der Waals surface area contributed by atoms with Crippen molar-refractivity contribution >= 4 is 28.7 Å². The molecule has 0 atom stereocenters. The Balaban J connectivity index is 1.49. The summed E-state index contributed by atoms with van der Waals surface area (Å²) in [6.45, 7) is 0.683. The van der Waals surface area contributed by atoms with Gasteiger partial charge in [-0.25, -0.2) is 4.98 Å². The van der Waals surface area contributed by atoms with E-state index in [0.717, 1.165) is 23.0 Å². The molecule has 0 spiro atoms. The molecule has 1 aliphatic rings. The highest BCUT2D eigenvalue weighted by atomic mass is 16.3. The maximum absolute atomic E-state index is 10.5. The quantitative estimate of drug-likeness (QED) is 0.439. The molecule has 0 amide bonds. The number of anilines is 5. The van der Waals surface area contributed by atoms with E-state index in [4.69, 9.17) is 4.98 Å². The number of rotatable bonds is 5. The average molecular weight is 406 g/mol. The summed E-state index contributed by atoms with van der Waals surface area (Å²) in [6.07, 6.45) is 4.09. The first-order valence-corrected chi connectivity index (χ1v) is 10.2. The maximum Gasteiger partial charge on any atom is 0.140 e. The van der Waals surface area contributed by atoms with Crippen LogP contribution in [-0.4, -0.2) is 16.8 Å². The van der Waals surface area contributed by atoms with Gasteiger partial charge in [0.25, 0.3) is 0 Å². The van der Waals surface area contributed by atoms with E-state index in [1.165, 1.54) is 0 Å². The van der Waals surface area contributed by atoms with Crippen LogP contribution in [0.3, 0.4) is 0 Å². The van der Waals surface area contributed by atoms with E-state index in [1.807, 2.05) is 96.0 Å². The van der Waals surface area contributed by atoms with Crippen molar-refractivity contribution in [1.82, 2.24) is 4.98 Å². The summed E-state index contributed by atoms with van der Waals surface area (Å²) in [5.74, 6) is 1.77. The predicted octanol–water partition coefficient (Wildman–Crippen LogP) is 6.01. The number of nitrogens with zero attached hydrogens (tertiary/aromatic N) is 4. The molecule has 3 aromatic carbocycles. The Bertz CT molecular complexity index is 1190. The molecule has 5 nitrogen and oxygen atoms in total. The van der Waals surface area contributed by atoms with Gasteiger partial charge in [-0.15, -0.1) is 0 Å². The van der Waals surface area contributed by atoms with Gasteiger partial charge in [0.05, 0.1) is 5.69 Å². The summed E-state index contributed by atoms with van der Waals surface area (Å²) < 4.78 is 0. The number of aromatic hydroxyl groups is 1. The second-order valence-electron chi connectivity index (χ2n) is 7.23. The molecule has 0 saturated heterocycles. The molecule has 1 aromatic heterocycles. The fraction of sp³-hybridized carbons (Fsp3) is 0.0385. The standard InChI is InChI=1S/C26H22N4O/c31-24-15-8-7-14-23(24)30(22-12-5-2-6-13-22)26-17-9-16-25(27-26)29-19-18-28(20-29)21-10-3-1-4-11-21/h1-19,31H,20H2. The molecular formula is C26H22N4O. The molecule has 0 radical (unpaired) electrons. The highest BCUT2D eigenvalue weighted by molar-refractivity contribution is 5.78. The lowest BCUT2D eigenvalue weighted by molar-refractivity contribution is 0.476. The molecule has 1 N–H and O–H groups in total. The van der Waals surface area contributed by atoms with Crippen LogP contribution in [0, 0.1) is 0 Å². The molecule has 5 rings (SSSR count).